The van der Waals surface area contributed by atoms with Crippen molar-refractivity contribution < 1.29 is 9.90 Å². The van der Waals surface area contributed by atoms with Crippen LogP contribution in [0.2, 0.25) is 5.02 Å². The standard InChI is InChI=1S/C13H13ClN4O2S/c14-10-3-1-2-9(6-10)12-15-16-13-18(12)7-17(8-21-13)5-4-11(19)20/h1-3,6H,4-5,7-8H2,(H,19,20). The Kier molecular flexibility index (Phi) is 4.14. The summed E-state index contributed by atoms with van der Waals surface area (Å²) in [6, 6.07) is 7.47. The number of fused-ring (bicyclic) bond motifs is 1. The topological polar surface area (TPSA) is 71.2 Å². The first kappa shape index (κ1) is 14.4. The lowest BCUT2D eigenvalue weighted by Crippen LogP contribution is -2.32. The van der Waals surface area contributed by atoms with Crippen LogP contribution >= 0.6 is 23.4 Å². The molecule has 0 fully saturated rings. The first-order chi connectivity index (χ1) is 10.1. The van der Waals surface area contributed by atoms with Crippen LogP contribution in [0.1, 0.15) is 6.42 Å². The number of benzene rings is 1. The molecule has 1 N–H and O–H groups in total. The SMILES string of the molecule is O=C(O)CCN1CSc2nnc(-c3cccc(Cl)c3)n2C1. The molecule has 0 unspecified atom stereocenters. The third-order valence-electron chi connectivity index (χ3n) is 3.16. The third kappa shape index (κ3) is 3.20. The molecule has 0 bridgehead atoms. The highest BCUT2D eigenvalue weighted by Crippen LogP contribution is 2.29. The van der Waals surface area contributed by atoms with Gasteiger partial charge in [-0.3, -0.25) is 14.3 Å². The Morgan fingerprint density at radius 2 is 2.29 bits per heavy atom. The molecule has 1 aliphatic rings. The Hall–Kier alpha value is -1.57. The largest absolute Gasteiger partial charge is 0.481 e. The number of carboxylic acid groups (broad SMARTS) is 1. The van der Waals surface area contributed by atoms with Gasteiger partial charge in [0.15, 0.2) is 11.0 Å². The minimum absolute atomic E-state index is 0.129. The van der Waals surface area contributed by atoms with Gasteiger partial charge >= 0.3 is 5.97 Å². The summed E-state index contributed by atoms with van der Waals surface area (Å²) in [5.74, 6) is 0.686. The third-order valence-corrected chi connectivity index (χ3v) is 4.45. The van der Waals surface area contributed by atoms with Crippen LogP contribution in [0.25, 0.3) is 11.4 Å². The summed E-state index contributed by atoms with van der Waals surface area (Å²) >= 11 is 7.58. The van der Waals surface area contributed by atoms with E-state index in [0.717, 1.165) is 22.4 Å². The Bertz CT molecular complexity index is 676. The quantitative estimate of drug-likeness (QED) is 0.931. The van der Waals surface area contributed by atoms with Crippen molar-refractivity contribution in [3.8, 4) is 11.4 Å². The molecule has 2 aromatic rings. The van der Waals surface area contributed by atoms with Gasteiger partial charge < -0.3 is 5.11 Å². The molecule has 110 valence electrons. The molecule has 0 spiro atoms. The highest BCUT2D eigenvalue weighted by molar-refractivity contribution is 7.99. The fourth-order valence-electron chi connectivity index (χ4n) is 2.14. The molecule has 0 amide bonds. The lowest BCUT2D eigenvalue weighted by Gasteiger charge is -2.27. The maximum atomic E-state index is 10.7. The Morgan fingerprint density at radius 3 is 3.05 bits per heavy atom. The molecule has 1 aromatic carbocycles. The van der Waals surface area contributed by atoms with E-state index >= 15 is 0 Å². The van der Waals surface area contributed by atoms with Crippen LogP contribution in [0.4, 0.5) is 0 Å². The molecular formula is C13H13ClN4O2S. The molecule has 3 rings (SSSR count). The van der Waals surface area contributed by atoms with Crippen LogP contribution in [0.15, 0.2) is 29.4 Å². The monoisotopic (exact) mass is 324 g/mol. The van der Waals surface area contributed by atoms with Crippen LogP contribution in [-0.2, 0) is 11.5 Å². The molecule has 21 heavy (non-hydrogen) atoms. The highest BCUT2D eigenvalue weighted by Gasteiger charge is 2.22. The first-order valence-electron chi connectivity index (χ1n) is 6.39. The molecule has 6 nitrogen and oxygen atoms in total. The van der Waals surface area contributed by atoms with Crippen molar-refractivity contribution in [3.63, 3.8) is 0 Å². The summed E-state index contributed by atoms with van der Waals surface area (Å²) < 4.78 is 1.99. The number of rotatable bonds is 4. The van der Waals surface area contributed by atoms with Crippen LogP contribution < -0.4 is 0 Å². The van der Waals surface area contributed by atoms with Crippen molar-refractivity contribution in [2.45, 2.75) is 18.2 Å². The molecule has 0 aliphatic carbocycles. The second kappa shape index (κ2) is 6.05. The molecule has 0 radical (unpaired) electrons. The van der Waals surface area contributed by atoms with E-state index in [2.05, 4.69) is 15.1 Å². The van der Waals surface area contributed by atoms with Crippen molar-refractivity contribution in [1.29, 1.82) is 0 Å². The van der Waals surface area contributed by atoms with Gasteiger partial charge in [-0.15, -0.1) is 10.2 Å². The van der Waals surface area contributed by atoms with Crippen molar-refractivity contribution in [2.75, 3.05) is 12.4 Å². The molecule has 0 saturated heterocycles. The zero-order valence-electron chi connectivity index (χ0n) is 11.1. The van der Waals surface area contributed by atoms with Crippen molar-refractivity contribution in [1.82, 2.24) is 19.7 Å². The molecule has 1 aliphatic heterocycles. The number of aromatic nitrogens is 3. The van der Waals surface area contributed by atoms with Gasteiger partial charge in [0.05, 0.1) is 19.0 Å². The van der Waals surface area contributed by atoms with E-state index < -0.39 is 5.97 Å². The molecule has 0 atom stereocenters. The average Bonchev–Trinajstić information content (AvgIpc) is 2.88. The van der Waals surface area contributed by atoms with E-state index in [1.807, 2.05) is 28.8 Å². The maximum absolute atomic E-state index is 10.7. The summed E-state index contributed by atoms with van der Waals surface area (Å²) in [4.78, 5) is 12.7. The number of aliphatic carboxylic acids is 1. The van der Waals surface area contributed by atoms with Gasteiger partial charge in [0, 0.05) is 17.1 Å². The predicted molar refractivity (Wildman–Crippen MR) is 80.2 cm³/mol. The van der Waals surface area contributed by atoms with Gasteiger partial charge in [0.1, 0.15) is 0 Å². The van der Waals surface area contributed by atoms with Gasteiger partial charge in [-0.25, -0.2) is 0 Å². The van der Waals surface area contributed by atoms with Crippen molar-refractivity contribution >= 4 is 29.3 Å². The van der Waals surface area contributed by atoms with Crippen LogP contribution in [0.5, 0.6) is 0 Å². The Balaban J connectivity index is 1.84. The number of nitrogens with zero attached hydrogens (tertiary/aromatic N) is 4. The number of hydrogen-bond donors (Lipinski definition) is 1. The molecule has 2 heterocycles. The number of hydrogen-bond acceptors (Lipinski definition) is 5. The van der Waals surface area contributed by atoms with E-state index in [1.165, 1.54) is 0 Å². The van der Waals surface area contributed by atoms with E-state index in [0.29, 0.717) is 18.2 Å². The minimum atomic E-state index is -0.787. The van der Waals surface area contributed by atoms with Crippen molar-refractivity contribution in [3.05, 3.63) is 29.3 Å². The Morgan fingerprint density at radius 1 is 1.43 bits per heavy atom. The van der Waals surface area contributed by atoms with Crippen LogP contribution in [-0.4, -0.2) is 43.2 Å². The summed E-state index contributed by atoms with van der Waals surface area (Å²) in [5.41, 5.74) is 0.905. The first-order valence-corrected chi connectivity index (χ1v) is 7.76. The highest BCUT2D eigenvalue weighted by atomic mass is 35.5. The summed E-state index contributed by atoms with van der Waals surface area (Å²) in [6.45, 7) is 1.10. The molecule has 1 aromatic heterocycles. The van der Waals surface area contributed by atoms with E-state index in [4.69, 9.17) is 16.7 Å². The van der Waals surface area contributed by atoms with Crippen LogP contribution in [0.3, 0.4) is 0 Å². The van der Waals surface area contributed by atoms with Gasteiger partial charge in [-0.05, 0) is 12.1 Å². The normalized spacial score (nSPS) is 14.9. The van der Waals surface area contributed by atoms with Crippen molar-refractivity contribution in [2.24, 2.45) is 0 Å². The second-order valence-electron chi connectivity index (χ2n) is 4.70. The minimum Gasteiger partial charge on any atom is -0.481 e. The summed E-state index contributed by atoms with van der Waals surface area (Å²) in [5, 5.41) is 18.7. The van der Waals surface area contributed by atoms with Gasteiger partial charge in [-0.1, -0.05) is 35.5 Å². The predicted octanol–water partition coefficient (Wildman–Crippen LogP) is 2.40. The fraction of sp³-hybridized carbons (Fsp3) is 0.308. The van der Waals surface area contributed by atoms with E-state index in [-0.39, 0.29) is 6.42 Å². The lowest BCUT2D eigenvalue weighted by molar-refractivity contribution is -0.137. The molecule has 8 heteroatoms. The number of carbonyl (C=O) groups is 1. The Labute approximate surface area is 130 Å². The number of carboxylic acids is 1. The lowest BCUT2D eigenvalue weighted by atomic mass is 10.2. The fourth-order valence-corrected chi connectivity index (χ4v) is 3.24. The maximum Gasteiger partial charge on any atom is 0.304 e. The summed E-state index contributed by atoms with van der Waals surface area (Å²) in [6.07, 6.45) is 0.129. The smallest absolute Gasteiger partial charge is 0.304 e. The van der Waals surface area contributed by atoms with E-state index in [1.54, 1.807) is 11.8 Å². The van der Waals surface area contributed by atoms with Crippen LogP contribution in [0, 0.1) is 0 Å². The molecule has 0 saturated carbocycles. The molecular weight excluding hydrogens is 312 g/mol. The van der Waals surface area contributed by atoms with Gasteiger partial charge in [-0.2, -0.15) is 0 Å². The summed E-state index contributed by atoms with van der Waals surface area (Å²) in [7, 11) is 0. The zero-order valence-corrected chi connectivity index (χ0v) is 12.6. The van der Waals surface area contributed by atoms with Gasteiger partial charge in [0.25, 0.3) is 0 Å². The number of halogens is 1. The zero-order chi connectivity index (χ0) is 14.8. The number of thioether (sulfide) groups is 1. The second-order valence-corrected chi connectivity index (χ2v) is 6.05. The van der Waals surface area contributed by atoms with Gasteiger partial charge in [0.2, 0.25) is 0 Å². The average molecular weight is 325 g/mol. The van der Waals surface area contributed by atoms with E-state index in [9.17, 15) is 4.79 Å².